The molecule has 4 heteroatoms. The molecule has 300 valence electrons. The number of hydrogen-bond acceptors (Lipinski definition) is 4. The standard InChI is InChI=1S/C59H43N3O/c1-5-18-49-37(3)45-21-13-15-25-50(45)59(49)51-26-16-14-23-48(51)54-47(24-17-27-52(54)59)41-33-29-39(30-34-41)40-31-35-43(36-32-40)57-60-56(42-19-9-7-10-20-42)61-58(62-57)44(6-2)55-38(4)46-22-11-8-12-28-53(46)63-55/h5-11,13-36H,1,3,12H2,2,4H3/b44-6+,49-18+. The second-order valence-electron chi connectivity index (χ2n) is 16.3. The molecule has 0 fully saturated rings. The zero-order chi connectivity index (χ0) is 42.7. The molecule has 0 saturated heterocycles. The Kier molecular flexibility index (Phi) is 9.17. The van der Waals surface area contributed by atoms with E-state index in [9.17, 15) is 0 Å². The van der Waals surface area contributed by atoms with Gasteiger partial charge in [-0.3, -0.25) is 0 Å². The van der Waals surface area contributed by atoms with Crippen molar-refractivity contribution in [1.29, 1.82) is 0 Å². The maximum atomic E-state index is 6.50. The average molecular weight is 810 g/mol. The molecule has 4 nitrogen and oxygen atoms in total. The third-order valence-electron chi connectivity index (χ3n) is 12.9. The van der Waals surface area contributed by atoms with E-state index in [0.717, 1.165) is 61.8 Å². The fraction of sp³-hybridized carbons (Fsp3) is 0.0678. The van der Waals surface area contributed by atoms with Crippen LogP contribution in [0.5, 0.6) is 0 Å². The van der Waals surface area contributed by atoms with E-state index in [0.29, 0.717) is 17.5 Å². The molecule has 0 bridgehead atoms. The zero-order valence-electron chi connectivity index (χ0n) is 35.3. The number of furan rings is 1. The monoisotopic (exact) mass is 809 g/mol. The molecule has 0 saturated carbocycles. The van der Waals surface area contributed by atoms with Gasteiger partial charge in [-0.25, -0.2) is 15.0 Å². The van der Waals surface area contributed by atoms with E-state index in [4.69, 9.17) is 19.4 Å². The lowest BCUT2D eigenvalue weighted by Gasteiger charge is -2.30. The maximum Gasteiger partial charge on any atom is 0.167 e. The quantitative estimate of drug-likeness (QED) is 0.161. The Morgan fingerprint density at radius 2 is 1.22 bits per heavy atom. The number of aromatic nitrogens is 3. The Labute approximate surface area is 367 Å². The van der Waals surface area contributed by atoms with Crippen LogP contribution in [0.15, 0.2) is 199 Å². The van der Waals surface area contributed by atoms with E-state index < -0.39 is 5.41 Å². The Balaban J connectivity index is 0.958. The highest BCUT2D eigenvalue weighted by Crippen LogP contribution is 2.64. The molecule has 1 unspecified atom stereocenters. The predicted octanol–water partition coefficient (Wildman–Crippen LogP) is 12.9. The van der Waals surface area contributed by atoms with Gasteiger partial charge in [-0.2, -0.15) is 0 Å². The van der Waals surface area contributed by atoms with Gasteiger partial charge in [0, 0.05) is 21.9 Å². The Hall–Kier alpha value is -7.95. The third kappa shape index (κ3) is 5.94. The zero-order valence-corrected chi connectivity index (χ0v) is 35.3. The Morgan fingerprint density at radius 1 is 0.635 bits per heavy atom. The van der Waals surface area contributed by atoms with Crippen LogP contribution in [0, 0.1) is 6.92 Å². The van der Waals surface area contributed by atoms with Gasteiger partial charge in [0.2, 0.25) is 0 Å². The van der Waals surface area contributed by atoms with Crippen molar-refractivity contribution in [3.63, 3.8) is 0 Å². The third-order valence-corrected chi connectivity index (χ3v) is 12.9. The van der Waals surface area contributed by atoms with Gasteiger partial charge < -0.3 is 4.42 Å². The van der Waals surface area contributed by atoms with Gasteiger partial charge in [0.05, 0.1) is 11.0 Å². The Morgan fingerprint density at radius 3 is 1.92 bits per heavy atom. The van der Waals surface area contributed by atoms with Gasteiger partial charge in [0.15, 0.2) is 17.5 Å². The molecule has 0 radical (unpaired) electrons. The summed E-state index contributed by atoms with van der Waals surface area (Å²) < 4.78 is 6.50. The largest absolute Gasteiger partial charge is 0.456 e. The minimum Gasteiger partial charge on any atom is -0.456 e. The maximum absolute atomic E-state index is 6.50. The van der Waals surface area contributed by atoms with Gasteiger partial charge in [0.1, 0.15) is 11.2 Å². The molecule has 3 aliphatic rings. The molecule has 1 spiro atoms. The molecule has 63 heavy (non-hydrogen) atoms. The topological polar surface area (TPSA) is 51.8 Å². The second kappa shape index (κ2) is 15.2. The van der Waals surface area contributed by atoms with Crippen molar-refractivity contribution >= 4 is 23.3 Å². The van der Waals surface area contributed by atoms with Crippen LogP contribution >= 0.6 is 0 Å². The van der Waals surface area contributed by atoms with E-state index in [1.807, 2.05) is 49.4 Å². The van der Waals surface area contributed by atoms with Crippen molar-refractivity contribution in [2.75, 3.05) is 0 Å². The minimum absolute atomic E-state index is 0.465. The number of nitrogens with zero attached hydrogens (tertiary/aromatic N) is 3. The first-order valence-corrected chi connectivity index (χ1v) is 21.5. The van der Waals surface area contributed by atoms with Crippen molar-refractivity contribution in [1.82, 2.24) is 15.0 Å². The molecular formula is C59H43N3O. The summed E-state index contributed by atoms with van der Waals surface area (Å²) in [5, 5.41) is 1.09. The molecule has 2 heterocycles. The van der Waals surface area contributed by atoms with Crippen LogP contribution < -0.4 is 10.6 Å². The first-order valence-electron chi connectivity index (χ1n) is 21.5. The number of hydrogen-bond donors (Lipinski definition) is 0. The van der Waals surface area contributed by atoms with Crippen LogP contribution in [0.3, 0.4) is 0 Å². The number of rotatable bonds is 7. The summed E-state index contributed by atoms with van der Waals surface area (Å²) in [6.45, 7) is 12.9. The lowest BCUT2D eigenvalue weighted by atomic mass is 9.70. The van der Waals surface area contributed by atoms with Crippen LogP contribution in [-0.2, 0) is 5.41 Å². The molecule has 2 aromatic heterocycles. The van der Waals surface area contributed by atoms with Crippen LogP contribution in [0.2, 0.25) is 0 Å². The second-order valence-corrected chi connectivity index (χ2v) is 16.3. The molecule has 1 atom stereocenters. The van der Waals surface area contributed by atoms with Gasteiger partial charge >= 0.3 is 0 Å². The Bertz CT molecular complexity index is 3400. The molecular weight excluding hydrogens is 767 g/mol. The first-order chi connectivity index (χ1) is 31.0. The van der Waals surface area contributed by atoms with E-state index in [-0.39, 0.29) is 0 Å². The lowest BCUT2D eigenvalue weighted by Crippen LogP contribution is -2.25. The normalized spacial score (nSPS) is 16.5. The van der Waals surface area contributed by atoms with Crippen molar-refractivity contribution in [3.8, 4) is 56.2 Å². The summed E-state index contributed by atoms with van der Waals surface area (Å²) in [6, 6.07) is 51.9. The highest BCUT2D eigenvalue weighted by Gasteiger charge is 2.53. The van der Waals surface area contributed by atoms with E-state index in [1.165, 1.54) is 50.1 Å². The number of fused-ring (bicyclic) bond motifs is 8. The SMILES string of the molecule is C=C/C=C1\C(=C)c2ccccc2C12c1ccccc1-c1c(-c3ccc(-c4ccc(-c5nc(/C(=C/C)c6oc7c(c6C)=CC=CCC=7)nc(-c6ccccc6)n5)cc4)cc3)cccc12. The van der Waals surface area contributed by atoms with Crippen LogP contribution in [0.4, 0.5) is 0 Å². The van der Waals surface area contributed by atoms with E-state index >= 15 is 0 Å². The smallest absolute Gasteiger partial charge is 0.167 e. The summed E-state index contributed by atoms with van der Waals surface area (Å²) >= 11 is 0. The molecule has 0 aliphatic heterocycles. The molecule has 8 aromatic rings. The molecule has 3 aliphatic carbocycles. The van der Waals surface area contributed by atoms with Gasteiger partial charge in [-0.05, 0) is 93.1 Å². The van der Waals surface area contributed by atoms with E-state index in [1.54, 1.807) is 0 Å². The molecule has 11 rings (SSSR count). The van der Waals surface area contributed by atoms with Crippen LogP contribution in [-0.4, -0.2) is 15.0 Å². The van der Waals surface area contributed by atoms with Crippen molar-refractivity contribution < 1.29 is 4.42 Å². The van der Waals surface area contributed by atoms with Gasteiger partial charge in [0.25, 0.3) is 0 Å². The summed E-state index contributed by atoms with van der Waals surface area (Å²) in [5.41, 5.74) is 18.5. The first kappa shape index (κ1) is 38.0. The fourth-order valence-corrected chi connectivity index (χ4v) is 10.0. The highest BCUT2D eigenvalue weighted by atomic mass is 16.3. The summed E-state index contributed by atoms with van der Waals surface area (Å²) in [5.74, 6) is 2.55. The highest BCUT2D eigenvalue weighted by molar-refractivity contribution is 6.02. The lowest BCUT2D eigenvalue weighted by molar-refractivity contribution is 0.516. The molecule has 0 N–H and O–H groups in total. The number of allylic oxidation sites excluding steroid dienone is 7. The number of benzene rings is 6. The van der Waals surface area contributed by atoms with Crippen molar-refractivity contribution in [3.05, 3.63) is 245 Å². The molecule has 6 aromatic carbocycles. The van der Waals surface area contributed by atoms with Gasteiger partial charge in [-0.15, -0.1) is 0 Å². The predicted molar refractivity (Wildman–Crippen MR) is 259 cm³/mol. The van der Waals surface area contributed by atoms with Crippen molar-refractivity contribution in [2.45, 2.75) is 25.7 Å². The van der Waals surface area contributed by atoms with Gasteiger partial charge in [-0.1, -0.05) is 195 Å². The fourth-order valence-electron chi connectivity index (χ4n) is 10.0. The average Bonchev–Trinajstić information content (AvgIpc) is 3.81. The minimum atomic E-state index is -0.465. The van der Waals surface area contributed by atoms with E-state index in [2.05, 4.69) is 166 Å². The summed E-state index contributed by atoms with van der Waals surface area (Å²) in [7, 11) is 0. The van der Waals surface area contributed by atoms with Crippen molar-refractivity contribution in [2.24, 2.45) is 0 Å². The summed E-state index contributed by atoms with van der Waals surface area (Å²) in [4.78, 5) is 15.1. The van der Waals surface area contributed by atoms with Crippen LogP contribution in [0.25, 0.3) is 79.5 Å². The van der Waals surface area contributed by atoms with Crippen LogP contribution in [0.1, 0.15) is 52.7 Å². The summed E-state index contributed by atoms with van der Waals surface area (Å²) in [6.07, 6.45) is 15.4. The molecule has 0 amide bonds.